The molecule has 0 saturated carbocycles. The zero-order chi connectivity index (χ0) is 18.1. The second-order valence-electron chi connectivity index (χ2n) is 6.10. The van der Waals surface area contributed by atoms with Crippen molar-refractivity contribution in [2.75, 3.05) is 7.11 Å². The third-order valence-corrected chi connectivity index (χ3v) is 4.33. The number of methoxy groups -OCH3 is 1. The zero-order valence-electron chi connectivity index (χ0n) is 14.7. The molecule has 4 aromatic rings. The van der Waals surface area contributed by atoms with Crippen LogP contribution in [0.4, 0.5) is 0 Å². The molecule has 0 fully saturated rings. The first-order chi connectivity index (χ1) is 12.7. The third kappa shape index (κ3) is 2.57. The zero-order valence-corrected chi connectivity index (χ0v) is 14.7. The number of benzene rings is 1. The summed E-state index contributed by atoms with van der Waals surface area (Å²) in [6.07, 6.45) is 2.66. The minimum absolute atomic E-state index is 0.149. The Morgan fingerprint density at radius 3 is 2.65 bits per heavy atom. The van der Waals surface area contributed by atoms with Crippen molar-refractivity contribution in [2.45, 2.75) is 26.5 Å². The van der Waals surface area contributed by atoms with Crippen LogP contribution in [0.1, 0.15) is 19.0 Å². The van der Waals surface area contributed by atoms with E-state index in [9.17, 15) is 4.79 Å². The number of hydrogen-bond donors (Lipinski definition) is 0. The molecule has 0 bridgehead atoms. The summed E-state index contributed by atoms with van der Waals surface area (Å²) in [4.78, 5) is 12.6. The summed E-state index contributed by atoms with van der Waals surface area (Å²) in [5, 5.41) is 13.2. The van der Waals surface area contributed by atoms with E-state index in [1.54, 1.807) is 22.4 Å². The van der Waals surface area contributed by atoms with Gasteiger partial charge in [-0.15, -0.1) is 10.2 Å². The lowest BCUT2D eigenvalue weighted by Gasteiger charge is -2.05. The van der Waals surface area contributed by atoms with Crippen molar-refractivity contribution in [1.29, 1.82) is 0 Å². The number of rotatable bonds is 5. The van der Waals surface area contributed by atoms with Gasteiger partial charge in [-0.3, -0.25) is 4.79 Å². The second kappa shape index (κ2) is 6.68. The summed E-state index contributed by atoms with van der Waals surface area (Å²) in [6.45, 7) is 3.03. The van der Waals surface area contributed by atoms with E-state index in [2.05, 4.69) is 15.3 Å². The average Bonchev–Trinajstić information content (AvgIpc) is 3.03. The topological polar surface area (TPSA) is 74.3 Å². The van der Waals surface area contributed by atoms with Crippen molar-refractivity contribution in [2.24, 2.45) is 0 Å². The van der Waals surface area contributed by atoms with Crippen LogP contribution in [0.2, 0.25) is 0 Å². The molecule has 4 rings (SSSR count). The molecule has 0 saturated heterocycles. The third-order valence-electron chi connectivity index (χ3n) is 4.33. The maximum atomic E-state index is 12.6. The quantitative estimate of drug-likeness (QED) is 0.554. The van der Waals surface area contributed by atoms with Crippen LogP contribution in [-0.2, 0) is 17.9 Å². The van der Waals surface area contributed by atoms with Crippen molar-refractivity contribution in [3.05, 3.63) is 58.6 Å². The molecular formula is C19H19N5O2. The van der Waals surface area contributed by atoms with E-state index < -0.39 is 0 Å². The van der Waals surface area contributed by atoms with Crippen LogP contribution in [-0.4, -0.2) is 31.5 Å². The predicted octanol–water partition coefficient (Wildman–Crippen LogP) is 2.66. The largest absolute Gasteiger partial charge is 0.378 e. The van der Waals surface area contributed by atoms with Gasteiger partial charge in [-0.25, -0.2) is 4.52 Å². The molecule has 0 radical (unpaired) electrons. The summed E-state index contributed by atoms with van der Waals surface area (Å²) in [6, 6.07) is 11.8. The molecule has 0 spiro atoms. The van der Waals surface area contributed by atoms with Crippen molar-refractivity contribution in [3.8, 4) is 11.1 Å². The van der Waals surface area contributed by atoms with Gasteiger partial charge in [0.15, 0.2) is 11.2 Å². The molecular weight excluding hydrogens is 330 g/mol. The van der Waals surface area contributed by atoms with Crippen LogP contribution in [0, 0.1) is 0 Å². The molecule has 0 N–H and O–H groups in total. The van der Waals surface area contributed by atoms with Gasteiger partial charge in [-0.05, 0) is 18.1 Å². The minimum atomic E-state index is -0.149. The van der Waals surface area contributed by atoms with Crippen LogP contribution in [0.5, 0.6) is 0 Å². The highest BCUT2D eigenvalue weighted by molar-refractivity contribution is 5.84. The van der Waals surface area contributed by atoms with Crippen LogP contribution in [0.3, 0.4) is 0 Å². The normalized spacial score (nSPS) is 11.5. The molecule has 0 atom stereocenters. The van der Waals surface area contributed by atoms with Crippen LogP contribution < -0.4 is 5.56 Å². The maximum absolute atomic E-state index is 12.6. The predicted molar refractivity (Wildman–Crippen MR) is 99.0 cm³/mol. The lowest BCUT2D eigenvalue weighted by Crippen LogP contribution is -2.21. The standard InChI is InChI=1S/C19H19N5O2/c1-3-10-23-11-9-15-17(19(23)25)20-21-18-16(13-7-5-4-6-8-13)14(12-26-2)22-24(15)18/h4-9,11H,3,10,12H2,1-2H3. The van der Waals surface area contributed by atoms with E-state index in [1.165, 1.54) is 0 Å². The van der Waals surface area contributed by atoms with Gasteiger partial charge >= 0.3 is 0 Å². The maximum Gasteiger partial charge on any atom is 0.280 e. The fourth-order valence-corrected chi connectivity index (χ4v) is 3.18. The SMILES string of the molecule is CCCn1ccc2c(nnc3c(-c4ccccc4)c(COC)nn32)c1=O. The van der Waals surface area contributed by atoms with Gasteiger partial charge in [0.25, 0.3) is 5.56 Å². The Morgan fingerprint density at radius 2 is 1.92 bits per heavy atom. The van der Waals surface area contributed by atoms with Crippen molar-refractivity contribution < 1.29 is 4.74 Å². The van der Waals surface area contributed by atoms with Gasteiger partial charge in [0.2, 0.25) is 0 Å². The average molecular weight is 349 g/mol. The van der Waals surface area contributed by atoms with Crippen LogP contribution in [0.25, 0.3) is 27.8 Å². The molecule has 7 nitrogen and oxygen atoms in total. The highest BCUT2D eigenvalue weighted by atomic mass is 16.5. The summed E-state index contributed by atoms with van der Waals surface area (Å²) in [5.41, 5.74) is 4.05. The van der Waals surface area contributed by atoms with Gasteiger partial charge in [0, 0.05) is 19.9 Å². The highest BCUT2D eigenvalue weighted by Gasteiger charge is 2.19. The Balaban J connectivity index is 2.04. The number of pyridine rings is 1. The molecule has 7 heteroatoms. The van der Waals surface area contributed by atoms with Gasteiger partial charge in [-0.2, -0.15) is 5.10 Å². The molecule has 3 aromatic heterocycles. The highest BCUT2D eigenvalue weighted by Crippen LogP contribution is 2.28. The van der Waals surface area contributed by atoms with Crippen LogP contribution >= 0.6 is 0 Å². The first-order valence-corrected chi connectivity index (χ1v) is 8.56. The van der Waals surface area contributed by atoms with Gasteiger partial charge in [0.05, 0.1) is 17.9 Å². The summed E-state index contributed by atoms with van der Waals surface area (Å²) < 4.78 is 8.66. The number of nitrogens with zero attached hydrogens (tertiary/aromatic N) is 5. The van der Waals surface area contributed by atoms with Crippen molar-refractivity contribution in [3.63, 3.8) is 0 Å². The summed E-state index contributed by atoms with van der Waals surface area (Å²) >= 11 is 0. The fourth-order valence-electron chi connectivity index (χ4n) is 3.18. The second-order valence-corrected chi connectivity index (χ2v) is 6.10. The lowest BCUT2D eigenvalue weighted by atomic mass is 10.1. The summed E-state index contributed by atoms with van der Waals surface area (Å²) in [7, 11) is 1.63. The molecule has 26 heavy (non-hydrogen) atoms. The van der Waals surface area contributed by atoms with Crippen molar-refractivity contribution in [1.82, 2.24) is 24.4 Å². The van der Waals surface area contributed by atoms with Gasteiger partial charge < -0.3 is 9.30 Å². The Kier molecular flexibility index (Phi) is 4.22. The van der Waals surface area contributed by atoms with Gasteiger partial charge in [0.1, 0.15) is 5.52 Å². The molecule has 3 heterocycles. The van der Waals surface area contributed by atoms with E-state index in [-0.39, 0.29) is 5.56 Å². The molecule has 132 valence electrons. The molecule has 0 aliphatic carbocycles. The fraction of sp³-hybridized carbons (Fsp3) is 0.263. The first-order valence-electron chi connectivity index (χ1n) is 8.56. The lowest BCUT2D eigenvalue weighted by molar-refractivity contribution is 0.181. The monoisotopic (exact) mass is 349 g/mol. The van der Waals surface area contributed by atoms with E-state index in [0.29, 0.717) is 29.8 Å². The Labute approximate surface area is 149 Å². The van der Waals surface area contributed by atoms with E-state index in [0.717, 1.165) is 23.2 Å². The van der Waals surface area contributed by atoms with E-state index >= 15 is 0 Å². The smallest absolute Gasteiger partial charge is 0.280 e. The first kappa shape index (κ1) is 16.4. The number of ether oxygens (including phenoxy) is 1. The summed E-state index contributed by atoms with van der Waals surface area (Å²) in [5.74, 6) is 0. The number of fused-ring (bicyclic) bond motifs is 3. The minimum Gasteiger partial charge on any atom is -0.378 e. The molecule has 1 aromatic carbocycles. The molecule has 0 unspecified atom stereocenters. The Hall–Kier alpha value is -3.06. The molecule has 0 amide bonds. The molecule has 0 aliphatic rings. The number of aryl methyl sites for hydroxylation is 1. The molecule has 0 aliphatic heterocycles. The Morgan fingerprint density at radius 1 is 1.12 bits per heavy atom. The van der Waals surface area contributed by atoms with E-state index in [4.69, 9.17) is 4.74 Å². The van der Waals surface area contributed by atoms with Crippen LogP contribution in [0.15, 0.2) is 47.4 Å². The van der Waals surface area contributed by atoms with Crippen molar-refractivity contribution >= 4 is 16.7 Å². The van der Waals surface area contributed by atoms with E-state index in [1.807, 2.05) is 43.3 Å². The Bertz CT molecular complexity index is 1130. The number of aromatic nitrogens is 5. The number of hydrogen-bond acceptors (Lipinski definition) is 5. The van der Waals surface area contributed by atoms with Gasteiger partial charge in [-0.1, -0.05) is 37.3 Å².